The number of nitrogen functional groups attached to an aromatic ring is 1. The van der Waals surface area contributed by atoms with E-state index in [1.807, 2.05) is 18.2 Å². The number of carbonyl (C=O) groups excluding carboxylic acids is 1. The first-order valence-corrected chi connectivity index (χ1v) is 6.99. The van der Waals surface area contributed by atoms with Gasteiger partial charge in [0.1, 0.15) is 0 Å². The molecule has 1 aromatic heterocycles. The second kappa shape index (κ2) is 4.78. The molecular formula is C15H13BrN2O. The first-order valence-electron chi connectivity index (χ1n) is 6.20. The number of nitrogens with two attached hydrogens (primary N) is 1. The van der Waals surface area contributed by atoms with Crippen LogP contribution in [0.3, 0.4) is 0 Å². The number of halogens is 1. The van der Waals surface area contributed by atoms with Gasteiger partial charge in [-0.25, -0.2) is 0 Å². The predicted octanol–water partition coefficient (Wildman–Crippen LogP) is 3.34. The third-order valence-corrected chi connectivity index (χ3v) is 4.05. The number of carbonyl (C=O) groups is 1. The lowest BCUT2D eigenvalue weighted by molar-refractivity contribution is 0.0959. The summed E-state index contributed by atoms with van der Waals surface area (Å²) in [6.45, 7) is 0. The monoisotopic (exact) mass is 316 g/mol. The first-order chi connectivity index (χ1) is 9.16. The smallest absolute Gasteiger partial charge is 0.174 e. The Kier molecular flexibility index (Phi) is 3.11. The Morgan fingerprint density at radius 1 is 1.37 bits per heavy atom. The minimum absolute atomic E-state index is 0.0660. The molecule has 0 spiro atoms. The highest BCUT2D eigenvalue weighted by atomic mass is 79.9. The highest BCUT2D eigenvalue weighted by Crippen LogP contribution is 2.35. The van der Waals surface area contributed by atoms with E-state index in [1.165, 1.54) is 5.56 Å². The van der Waals surface area contributed by atoms with Crippen LogP contribution in [0, 0.1) is 0 Å². The Labute approximate surface area is 120 Å². The van der Waals surface area contributed by atoms with Gasteiger partial charge in [0, 0.05) is 21.9 Å². The van der Waals surface area contributed by atoms with Gasteiger partial charge in [0.2, 0.25) is 0 Å². The highest BCUT2D eigenvalue weighted by Gasteiger charge is 2.31. The molecule has 0 bridgehead atoms. The van der Waals surface area contributed by atoms with Gasteiger partial charge in [0.05, 0.1) is 11.6 Å². The predicted molar refractivity (Wildman–Crippen MR) is 78.2 cm³/mol. The SMILES string of the molecule is Nc1ccc(Br)cc1C(=O)C1CCc2cccnc21. The van der Waals surface area contributed by atoms with Crippen molar-refractivity contribution in [2.45, 2.75) is 18.8 Å². The van der Waals surface area contributed by atoms with E-state index in [1.54, 1.807) is 18.3 Å². The number of ketones is 1. The summed E-state index contributed by atoms with van der Waals surface area (Å²) in [5.41, 5.74) is 9.11. The summed E-state index contributed by atoms with van der Waals surface area (Å²) in [5, 5.41) is 0. The number of pyridine rings is 1. The minimum Gasteiger partial charge on any atom is -0.398 e. The van der Waals surface area contributed by atoms with Crippen molar-refractivity contribution in [3.63, 3.8) is 0 Å². The lowest BCUT2D eigenvalue weighted by Gasteiger charge is -2.11. The van der Waals surface area contributed by atoms with E-state index in [2.05, 4.69) is 20.9 Å². The number of aryl methyl sites for hydroxylation is 1. The summed E-state index contributed by atoms with van der Waals surface area (Å²) in [6, 6.07) is 9.34. The fourth-order valence-electron chi connectivity index (χ4n) is 2.60. The lowest BCUT2D eigenvalue weighted by atomic mass is 9.94. The van der Waals surface area contributed by atoms with Crippen LogP contribution in [-0.4, -0.2) is 10.8 Å². The lowest BCUT2D eigenvalue weighted by Crippen LogP contribution is -2.13. The highest BCUT2D eigenvalue weighted by molar-refractivity contribution is 9.10. The topological polar surface area (TPSA) is 56.0 Å². The van der Waals surface area contributed by atoms with Crippen molar-refractivity contribution < 1.29 is 4.79 Å². The zero-order chi connectivity index (χ0) is 13.4. The van der Waals surface area contributed by atoms with Gasteiger partial charge < -0.3 is 5.73 Å². The maximum atomic E-state index is 12.6. The Bertz CT molecular complexity index is 654. The average molecular weight is 317 g/mol. The third kappa shape index (κ3) is 2.16. The number of hydrogen-bond acceptors (Lipinski definition) is 3. The summed E-state index contributed by atoms with van der Waals surface area (Å²) < 4.78 is 0.865. The second-order valence-corrected chi connectivity index (χ2v) is 5.65. The van der Waals surface area contributed by atoms with Crippen molar-refractivity contribution in [3.8, 4) is 0 Å². The van der Waals surface area contributed by atoms with Crippen molar-refractivity contribution >= 4 is 27.4 Å². The summed E-state index contributed by atoms with van der Waals surface area (Å²) in [7, 11) is 0. The molecule has 0 fully saturated rings. The number of fused-ring (bicyclic) bond motifs is 1. The quantitative estimate of drug-likeness (QED) is 0.683. The van der Waals surface area contributed by atoms with E-state index < -0.39 is 0 Å². The van der Waals surface area contributed by atoms with E-state index in [0.29, 0.717) is 11.3 Å². The van der Waals surface area contributed by atoms with Crippen LogP contribution >= 0.6 is 15.9 Å². The number of benzene rings is 1. The van der Waals surface area contributed by atoms with Gasteiger partial charge in [-0.15, -0.1) is 0 Å². The van der Waals surface area contributed by atoms with Crippen LogP contribution in [0.25, 0.3) is 0 Å². The molecule has 1 aliphatic carbocycles. The zero-order valence-electron chi connectivity index (χ0n) is 10.3. The maximum absolute atomic E-state index is 12.6. The van der Waals surface area contributed by atoms with Crippen LogP contribution in [0.15, 0.2) is 41.0 Å². The molecule has 96 valence electrons. The molecule has 0 saturated heterocycles. The fraction of sp³-hybridized carbons (Fsp3) is 0.200. The molecule has 1 heterocycles. The average Bonchev–Trinajstić information content (AvgIpc) is 2.84. The molecule has 1 atom stereocenters. The molecule has 1 aromatic carbocycles. The van der Waals surface area contributed by atoms with E-state index >= 15 is 0 Å². The van der Waals surface area contributed by atoms with Gasteiger partial charge in [-0.1, -0.05) is 22.0 Å². The largest absolute Gasteiger partial charge is 0.398 e. The number of aromatic nitrogens is 1. The summed E-state index contributed by atoms with van der Waals surface area (Å²) in [6.07, 6.45) is 3.47. The van der Waals surface area contributed by atoms with Gasteiger partial charge in [-0.05, 0) is 42.7 Å². The molecule has 0 saturated carbocycles. The zero-order valence-corrected chi connectivity index (χ0v) is 11.9. The van der Waals surface area contributed by atoms with E-state index in [4.69, 9.17) is 5.73 Å². The molecule has 19 heavy (non-hydrogen) atoms. The van der Waals surface area contributed by atoms with Gasteiger partial charge in [0.25, 0.3) is 0 Å². The molecule has 0 aliphatic heterocycles. The van der Waals surface area contributed by atoms with E-state index in [-0.39, 0.29) is 11.7 Å². The Morgan fingerprint density at radius 3 is 3.05 bits per heavy atom. The number of nitrogens with zero attached hydrogens (tertiary/aromatic N) is 1. The van der Waals surface area contributed by atoms with Crippen molar-refractivity contribution in [3.05, 3.63) is 57.8 Å². The Balaban J connectivity index is 2.00. The summed E-state index contributed by atoms with van der Waals surface area (Å²) in [4.78, 5) is 17.0. The van der Waals surface area contributed by atoms with Crippen molar-refractivity contribution in [1.29, 1.82) is 0 Å². The number of rotatable bonds is 2. The van der Waals surface area contributed by atoms with E-state index in [9.17, 15) is 4.79 Å². The molecule has 2 N–H and O–H groups in total. The van der Waals surface area contributed by atoms with Gasteiger partial charge >= 0.3 is 0 Å². The van der Waals surface area contributed by atoms with Crippen LogP contribution in [0.5, 0.6) is 0 Å². The maximum Gasteiger partial charge on any atom is 0.174 e. The molecule has 1 aliphatic rings. The molecule has 3 rings (SSSR count). The van der Waals surface area contributed by atoms with Crippen LogP contribution in [-0.2, 0) is 6.42 Å². The molecule has 2 aromatic rings. The first kappa shape index (κ1) is 12.4. The normalized spacial score (nSPS) is 17.2. The Morgan fingerprint density at radius 2 is 2.21 bits per heavy atom. The third-order valence-electron chi connectivity index (χ3n) is 3.56. The summed E-state index contributed by atoms with van der Waals surface area (Å²) in [5.74, 6) is -0.0935. The van der Waals surface area contributed by atoms with Gasteiger partial charge in [-0.2, -0.15) is 0 Å². The number of Topliss-reactive ketones (excluding diaryl/α,β-unsaturated/α-hetero) is 1. The molecule has 0 radical (unpaired) electrons. The van der Waals surface area contributed by atoms with Crippen LogP contribution in [0.4, 0.5) is 5.69 Å². The molecular weight excluding hydrogens is 304 g/mol. The van der Waals surface area contributed by atoms with Crippen LogP contribution in [0.1, 0.15) is 34.0 Å². The van der Waals surface area contributed by atoms with Crippen LogP contribution < -0.4 is 5.73 Å². The van der Waals surface area contributed by atoms with Gasteiger partial charge in [0.15, 0.2) is 5.78 Å². The molecule has 1 unspecified atom stereocenters. The molecule has 4 heteroatoms. The number of hydrogen-bond donors (Lipinski definition) is 1. The second-order valence-electron chi connectivity index (χ2n) is 4.73. The van der Waals surface area contributed by atoms with Crippen molar-refractivity contribution in [2.24, 2.45) is 0 Å². The van der Waals surface area contributed by atoms with E-state index in [0.717, 1.165) is 23.0 Å². The van der Waals surface area contributed by atoms with Crippen molar-refractivity contribution in [1.82, 2.24) is 4.98 Å². The summed E-state index contributed by atoms with van der Waals surface area (Å²) >= 11 is 3.38. The molecule has 3 nitrogen and oxygen atoms in total. The minimum atomic E-state index is -0.159. The Hall–Kier alpha value is -1.68. The van der Waals surface area contributed by atoms with Crippen LogP contribution in [0.2, 0.25) is 0 Å². The van der Waals surface area contributed by atoms with Crippen molar-refractivity contribution in [2.75, 3.05) is 5.73 Å². The molecule has 0 amide bonds. The standard InChI is InChI=1S/C15H13BrN2O/c16-10-4-6-13(17)12(8-10)15(19)11-5-3-9-2-1-7-18-14(9)11/h1-2,4,6-8,11H,3,5,17H2. The van der Waals surface area contributed by atoms with Gasteiger partial charge in [-0.3, -0.25) is 9.78 Å². The number of anilines is 1. The fourth-order valence-corrected chi connectivity index (χ4v) is 2.96.